The van der Waals surface area contributed by atoms with Gasteiger partial charge in [0.2, 0.25) is 11.8 Å². The lowest BCUT2D eigenvalue weighted by molar-refractivity contribution is -0.120. The van der Waals surface area contributed by atoms with E-state index in [9.17, 15) is 14.4 Å². The Kier molecular flexibility index (Phi) is 10.2. The molecular weight excluding hydrogens is 332 g/mol. The number of thioether (sulfide) groups is 2. The smallest absolute Gasteiger partial charge is 0.281 e. The SMILES string of the molecule is CN(C)C(=O)SCC(=O)NCNC(=O)CSC(=S)N(C)C. The molecule has 0 saturated carbocycles. The molecular formula is C11H20N4O3S3. The molecule has 0 fully saturated rings. The van der Waals surface area contributed by atoms with Crippen molar-refractivity contribution in [1.82, 2.24) is 20.4 Å². The Hall–Kier alpha value is -1.00. The van der Waals surface area contributed by atoms with Gasteiger partial charge in [0.25, 0.3) is 5.24 Å². The maximum Gasteiger partial charge on any atom is 0.281 e. The van der Waals surface area contributed by atoms with Crippen LogP contribution in [0.15, 0.2) is 0 Å². The van der Waals surface area contributed by atoms with Gasteiger partial charge >= 0.3 is 0 Å². The molecule has 2 N–H and O–H groups in total. The Balaban J connectivity index is 3.74. The van der Waals surface area contributed by atoms with E-state index in [2.05, 4.69) is 10.6 Å². The zero-order valence-corrected chi connectivity index (χ0v) is 14.9. The van der Waals surface area contributed by atoms with Crippen molar-refractivity contribution in [2.45, 2.75) is 0 Å². The number of nitrogens with one attached hydrogen (secondary N) is 2. The van der Waals surface area contributed by atoms with E-state index in [-0.39, 0.29) is 35.2 Å². The first-order chi connectivity index (χ1) is 9.73. The van der Waals surface area contributed by atoms with Crippen LogP contribution in [0.5, 0.6) is 0 Å². The van der Waals surface area contributed by atoms with Crippen molar-refractivity contribution in [1.29, 1.82) is 0 Å². The van der Waals surface area contributed by atoms with Crippen LogP contribution in [-0.4, -0.2) is 77.5 Å². The quantitative estimate of drug-likeness (QED) is 0.521. The highest BCUT2D eigenvalue weighted by molar-refractivity contribution is 8.23. The number of amides is 3. The van der Waals surface area contributed by atoms with Crippen molar-refractivity contribution in [2.75, 3.05) is 46.4 Å². The van der Waals surface area contributed by atoms with Gasteiger partial charge in [-0.05, 0) is 0 Å². The summed E-state index contributed by atoms with van der Waals surface area (Å²) in [6.07, 6.45) is 0. The third-order valence-electron chi connectivity index (χ3n) is 1.95. The summed E-state index contributed by atoms with van der Waals surface area (Å²) in [6.45, 7) is 0.0314. The summed E-state index contributed by atoms with van der Waals surface area (Å²) < 4.78 is 0.618. The second-order valence-corrected chi connectivity index (χ2v) is 6.81. The van der Waals surface area contributed by atoms with Crippen molar-refractivity contribution in [3.63, 3.8) is 0 Å². The molecule has 0 aromatic carbocycles. The van der Waals surface area contributed by atoms with Gasteiger partial charge in [-0.2, -0.15) is 0 Å². The lowest BCUT2D eigenvalue weighted by Crippen LogP contribution is -2.39. The highest BCUT2D eigenvalue weighted by Crippen LogP contribution is 2.05. The van der Waals surface area contributed by atoms with Crippen LogP contribution in [0.4, 0.5) is 4.79 Å². The summed E-state index contributed by atoms with van der Waals surface area (Å²) in [5.74, 6) is -0.318. The molecule has 0 heterocycles. The van der Waals surface area contributed by atoms with Gasteiger partial charge in [-0.3, -0.25) is 14.4 Å². The Labute approximate surface area is 138 Å². The Morgan fingerprint density at radius 3 is 1.81 bits per heavy atom. The number of hydrogen-bond acceptors (Lipinski definition) is 6. The molecule has 0 aromatic heterocycles. The average molecular weight is 353 g/mol. The first-order valence-corrected chi connectivity index (χ1v) is 8.33. The molecule has 10 heteroatoms. The molecule has 0 saturated heterocycles. The fourth-order valence-corrected chi connectivity index (χ4v) is 2.26. The second kappa shape index (κ2) is 10.7. The number of hydrogen-bond donors (Lipinski definition) is 2. The highest BCUT2D eigenvalue weighted by atomic mass is 32.2. The van der Waals surface area contributed by atoms with E-state index in [4.69, 9.17) is 12.2 Å². The number of carbonyl (C=O) groups is 3. The minimum atomic E-state index is -0.313. The molecule has 3 amide bonds. The van der Waals surface area contributed by atoms with Gasteiger partial charge in [0.1, 0.15) is 4.32 Å². The maximum absolute atomic E-state index is 11.5. The third kappa shape index (κ3) is 10.4. The summed E-state index contributed by atoms with van der Waals surface area (Å²) in [5, 5.41) is 4.86. The van der Waals surface area contributed by atoms with Crippen LogP contribution in [0.3, 0.4) is 0 Å². The first-order valence-electron chi connectivity index (χ1n) is 5.95. The summed E-state index contributed by atoms with van der Waals surface area (Å²) in [5.41, 5.74) is 0. The molecule has 0 aliphatic carbocycles. The molecule has 0 aliphatic heterocycles. The van der Waals surface area contributed by atoms with E-state index >= 15 is 0 Å². The van der Waals surface area contributed by atoms with E-state index in [1.807, 2.05) is 0 Å². The predicted molar refractivity (Wildman–Crippen MR) is 91.4 cm³/mol. The van der Waals surface area contributed by atoms with Crippen molar-refractivity contribution in [3.05, 3.63) is 0 Å². The van der Waals surface area contributed by atoms with E-state index in [0.717, 1.165) is 11.8 Å². The molecule has 0 bridgehead atoms. The lowest BCUT2D eigenvalue weighted by Gasteiger charge is -2.12. The average Bonchev–Trinajstić information content (AvgIpc) is 2.41. The van der Waals surface area contributed by atoms with Gasteiger partial charge in [-0.15, -0.1) is 0 Å². The Bertz CT molecular complexity index is 366. The minimum absolute atomic E-state index is 0.0202. The molecule has 0 rings (SSSR count). The standard InChI is InChI=1S/C11H20N4O3S3/c1-14(2)10(18)20-5-8(16)12-7-13-9(17)6-21-11(19)15(3)4/h5-7H2,1-4H3,(H,12,16)(H,13,17). The molecule has 21 heavy (non-hydrogen) atoms. The van der Waals surface area contributed by atoms with Crippen LogP contribution in [-0.2, 0) is 9.59 Å². The molecule has 0 aliphatic rings. The van der Waals surface area contributed by atoms with E-state index in [0.29, 0.717) is 4.32 Å². The normalized spacial score (nSPS) is 9.71. The fraction of sp³-hybridized carbons (Fsp3) is 0.636. The van der Waals surface area contributed by atoms with Crippen molar-refractivity contribution in [2.24, 2.45) is 0 Å². The largest absolute Gasteiger partial charge is 0.364 e. The molecule has 0 spiro atoms. The second-order valence-electron chi connectivity index (χ2n) is 4.27. The minimum Gasteiger partial charge on any atom is -0.364 e. The van der Waals surface area contributed by atoms with Crippen molar-refractivity contribution < 1.29 is 14.4 Å². The van der Waals surface area contributed by atoms with Crippen LogP contribution in [0.25, 0.3) is 0 Å². The summed E-state index contributed by atoms with van der Waals surface area (Å²) in [7, 11) is 6.84. The van der Waals surface area contributed by atoms with Crippen LogP contribution < -0.4 is 10.6 Å². The van der Waals surface area contributed by atoms with E-state index in [1.165, 1.54) is 16.7 Å². The maximum atomic E-state index is 11.5. The summed E-state index contributed by atoms with van der Waals surface area (Å²) in [6, 6.07) is 0. The van der Waals surface area contributed by atoms with Crippen LogP contribution in [0.2, 0.25) is 0 Å². The predicted octanol–water partition coefficient (Wildman–Crippen LogP) is 0.171. The topological polar surface area (TPSA) is 81.8 Å². The number of carbonyl (C=O) groups excluding carboxylic acids is 3. The Morgan fingerprint density at radius 1 is 0.905 bits per heavy atom. The van der Waals surface area contributed by atoms with E-state index in [1.54, 1.807) is 33.1 Å². The van der Waals surface area contributed by atoms with Gasteiger partial charge in [-0.1, -0.05) is 35.7 Å². The number of thiocarbonyl (C=S) groups is 1. The van der Waals surface area contributed by atoms with Crippen LogP contribution in [0, 0.1) is 0 Å². The molecule has 0 unspecified atom stereocenters. The van der Waals surface area contributed by atoms with Gasteiger partial charge in [0, 0.05) is 28.2 Å². The van der Waals surface area contributed by atoms with Crippen molar-refractivity contribution in [3.8, 4) is 0 Å². The zero-order chi connectivity index (χ0) is 16.4. The van der Waals surface area contributed by atoms with Crippen LogP contribution >= 0.6 is 35.7 Å². The number of rotatable bonds is 6. The monoisotopic (exact) mass is 352 g/mol. The lowest BCUT2D eigenvalue weighted by atomic mass is 10.6. The van der Waals surface area contributed by atoms with Crippen molar-refractivity contribution >= 4 is 57.1 Å². The van der Waals surface area contributed by atoms with Gasteiger partial charge in [0.05, 0.1) is 18.2 Å². The molecule has 0 aromatic rings. The fourth-order valence-electron chi connectivity index (χ4n) is 0.856. The Morgan fingerprint density at radius 2 is 1.38 bits per heavy atom. The molecule has 7 nitrogen and oxygen atoms in total. The van der Waals surface area contributed by atoms with Gasteiger partial charge in [-0.25, -0.2) is 0 Å². The third-order valence-corrected chi connectivity index (χ3v) is 4.71. The van der Waals surface area contributed by atoms with Gasteiger partial charge in [0.15, 0.2) is 0 Å². The van der Waals surface area contributed by atoms with E-state index < -0.39 is 0 Å². The van der Waals surface area contributed by atoms with Gasteiger partial charge < -0.3 is 20.4 Å². The summed E-state index contributed by atoms with van der Waals surface area (Å²) in [4.78, 5) is 37.3. The zero-order valence-electron chi connectivity index (χ0n) is 12.5. The van der Waals surface area contributed by atoms with Crippen LogP contribution in [0.1, 0.15) is 0 Å². The molecule has 120 valence electrons. The highest BCUT2D eigenvalue weighted by Gasteiger charge is 2.09. The molecule has 0 radical (unpaired) electrons. The summed E-state index contributed by atoms with van der Waals surface area (Å²) >= 11 is 7.18. The molecule has 0 atom stereocenters. The number of nitrogens with zero attached hydrogens (tertiary/aromatic N) is 2. The first kappa shape index (κ1) is 20.0.